The van der Waals surface area contributed by atoms with Crippen molar-refractivity contribution < 1.29 is 14.3 Å². The molecule has 0 amide bonds. The standard InChI is InChI=1S/C29H32N2O3S/c1-32-21-28(30-34-20-23-10-12-25(13-11-23)24-8-4-2-5-9-24)26-14-16-27(17-15-26)33-22-29(35)31-18-6-3-7-19-31/h2,4-5,8-17H,3,6-7,18-22H2,1H3. The summed E-state index contributed by atoms with van der Waals surface area (Å²) in [5.41, 5.74) is 5.08. The molecule has 1 fully saturated rings. The van der Waals surface area contributed by atoms with Gasteiger partial charge in [-0.05, 0) is 60.2 Å². The first-order valence-electron chi connectivity index (χ1n) is 12.1. The molecule has 3 aromatic rings. The van der Waals surface area contributed by atoms with Gasteiger partial charge in [0.15, 0.2) is 0 Å². The predicted molar refractivity (Wildman–Crippen MR) is 145 cm³/mol. The second-order valence-corrected chi connectivity index (χ2v) is 9.03. The second kappa shape index (κ2) is 13.0. The van der Waals surface area contributed by atoms with Gasteiger partial charge in [0.2, 0.25) is 0 Å². The van der Waals surface area contributed by atoms with Crippen LogP contribution in [-0.2, 0) is 16.2 Å². The molecule has 0 aromatic heterocycles. The summed E-state index contributed by atoms with van der Waals surface area (Å²) in [5.74, 6) is 0.782. The van der Waals surface area contributed by atoms with Gasteiger partial charge in [-0.1, -0.05) is 72.0 Å². The van der Waals surface area contributed by atoms with E-state index < -0.39 is 0 Å². The lowest BCUT2D eigenvalue weighted by atomic mass is 10.0. The third kappa shape index (κ3) is 7.38. The Hall–Kier alpha value is -3.22. The van der Waals surface area contributed by atoms with Crippen LogP contribution in [-0.4, -0.2) is 49.0 Å². The highest BCUT2D eigenvalue weighted by Crippen LogP contribution is 2.20. The number of ether oxygens (including phenoxy) is 2. The molecule has 1 heterocycles. The molecular weight excluding hydrogens is 456 g/mol. The highest BCUT2D eigenvalue weighted by molar-refractivity contribution is 7.80. The molecule has 1 saturated heterocycles. The zero-order valence-electron chi connectivity index (χ0n) is 20.2. The largest absolute Gasteiger partial charge is 0.486 e. The Labute approximate surface area is 213 Å². The minimum atomic E-state index is 0.353. The molecule has 0 bridgehead atoms. The van der Waals surface area contributed by atoms with Crippen LogP contribution in [0.4, 0.5) is 0 Å². The normalized spacial score (nSPS) is 14.0. The third-order valence-corrected chi connectivity index (χ3v) is 6.38. The number of piperidine rings is 1. The van der Waals surface area contributed by atoms with Gasteiger partial charge in [0, 0.05) is 25.8 Å². The van der Waals surface area contributed by atoms with E-state index in [1.165, 1.54) is 30.4 Å². The van der Waals surface area contributed by atoms with Gasteiger partial charge in [-0.25, -0.2) is 0 Å². The molecule has 35 heavy (non-hydrogen) atoms. The molecule has 0 saturated carbocycles. The van der Waals surface area contributed by atoms with Gasteiger partial charge in [-0.15, -0.1) is 0 Å². The SMILES string of the molecule is COCC(=NOCc1ccc(-c2ccccc2)cc1)c1ccc(OCC(=S)N2CCCCC2)cc1. The van der Waals surface area contributed by atoms with Crippen LogP contribution < -0.4 is 4.74 Å². The maximum atomic E-state index is 5.91. The average Bonchev–Trinajstić information content (AvgIpc) is 2.93. The van der Waals surface area contributed by atoms with E-state index in [0.717, 1.165) is 40.7 Å². The number of methoxy groups -OCH3 is 1. The highest BCUT2D eigenvalue weighted by atomic mass is 32.1. The summed E-state index contributed by atoms with van der Waals surface area (Å²) in [6.07, 6.45) is 3.70. The van der Waals surface area contributed by atoms with E-state index in [0.29, 0.717) is 19.8 Å². The quantitative estimate of drug-likeness (QED) is 0.196. The van der Waals surface area contributed by atoms with Crippen molar-refractivity contribution in [3.8, 4) is 16.9 Å². The van der Waals surface area contributed by atoms with E-state index in [-0.39, 0.29) is 0 Å². The summed E-state index contributed by atoms with van der Waals surface area (Å²) in [7, 11) is 1.65. The first-order chi connectivity index (χ1) is 17.2. The number of oxime groups is 1. The lowest BCUT2D eigenvalue weighted by Gasteiger charge is -2.28. The van der Waals surface area contributed by atoms with Crippen LogP contribution in [0, 0.1) is 0 Å². The fourth-order valence-corrected chi connectivity index (χ4v) is 4.27. The Bertz CT molecular complexity index is 1090. The summed E-state index contributed by atoms with van der Waals surface area (Å²) in [4.78, 5) is 8.79. The number of thiocarbonyl (C=S) groups is 1. The van der Waals surface area contributed by atoms with Gasteiger partial charge >= 0.3 is 0 Å². The van der Waals surface area contributed by atoms with Gasteiger partial charge in [-0.2, -0.15) is 0 Å². The Morgan fingerprint density at radius 3 is 2.20 bits per heavy atom. The van der Waals surface area contributed by atoms with Crippen molar-refractivity contribution >= 4 is 22.9 Å². The van der Waals surface area contributed by atoms with Crippen LogP contribution in [0.5, 0.6) is 5.75 Å². The molecule has 0 spiro atoms. The number of nitrogens with zero attached hydrogens (tertiary/aromatic N) is 2. The second-order valence-electron chi connectivity index (χ2n) is 8.56. The van der Waals surface area contributed by atoms with E-state index in [2.05, 4.69) is 46.5 Å². The van der Waals surface area contributed by atoms with Crippen LogP contribution in [0.15, 0.2) is 84.0 Å². The predicted octanol–water partition coefficient (Wildman–Crippen LogP) is 6.11. The molecule has 0 atom stereocenters. The van der Waals surface area contributed by atoms with Crippen molar-refractivity contribution in [2.45, 2.75) is 25.9 Å². The van der Waals surface area contributed by atoms with Crippen molar-refractivity contribution in [2.24, 2.45) is 5.16 Å². The van der Waals surface area contributed by atoms with Crippen LogP contribution in [0.25, 0.3) is 11.1 Å². The number of hydrogen-bond acceptors (Lipinski definition) is 5. The van der Waals surface area contributed by atoms with E-state index in [4.69, 9.17) is 26.5 Å². The molecule has 0 unspecified atom stereocenters. The Morgan fingerprint density at radius 1 is 0.829 bits per heavy atom. The first-order valence-corrected chi connectivity index (χ1v) is 12.5. The molecule has 5 nitrogen and oxygen atoms in total. The third-order valence-electron chi connectivity index (χ3n) is 6.01. The minimum absolute atomic E-state index is 0.353. The van der Waals surface area contributed by atoms with Crippen LogP contribution in [0.3, 0.4) is 0 Å². The molecular formula is C29H32N2O3S. The molecule has 3 aromatic carbocycles. The smallest absolute Gasteiger partial charge is 0.142 e. The number of likely N-dealkylation sites (tertiary alicyclic amines) is 1. The summed E-state index contributed by atoms with van der Waals surface area (Å²) >= 11 is 5.54. The van der Waals surface area contributed by atoms with Crippen molar-refractivity contribution in [1.29, 1.82) is 0 Å². The van der Waals surface area contributed by atoms with Gasteiger partial charge in [0.05, 0.1) is 6.61 Å². The topological polar surface area (TPSA) is 43.3 Å². The van der Waals surface area contributed by atoms with Crippen molar-refractivity contribution in [3.05, 3.63) is 90.0 Å². The fourth-order valence-electron chi connectivity index (χ4n) is 4.03. The molecule has 4 rings (SSSR count). The Balaban J connectivity index is 1.31. The molecule has 6 heteroatoms. The van der Waals surface area contributed by atoms with Crippen LogP contribution >= 0.6 is 12.2 Å². The van der Waals surface area contributed by atoms with Crippen molar-refractivity contribution in [3.63, 3.8) is 0 Å². The van der Waals surface area contributed by atoms with Crippen LogP contribution in [0.2, 0.25) is 0 Å². The molecule has 0 aliphatic carbocycles. The van der Waals surface area contributed by atoms with Gasteiger partial charge < -0.3 is 19.2 Å². The van der Waals surface area contributed by atoms with Gasteiger partial charge in [0.1, 0.15) is 29.7 Å². The molecule has 0 radical (unpaired) electrons. The Kier molecular flexibility index (Phi) is 9.26. The van der Waals surface area contributed by atoms with E-state index in [1.54, 1.807) is 7.11 Å². The summed E-state index contributed by atoms with van der Waals surface area (Å²) in [6.45, 7) is 3.24. The first kappa shape index (κ1) is 24.9. The average molecular weight is 489 g/mol. The zero-order valence-corrected chi connectivity index (χ0v) is 21.0. The maximum absolute atomic E-state index is 5.91. The van der Waals surface area contributed by atoms with E-state index >= 15 is 0 Å². The van der Waals surface area contributed by atoms with Crippen molar-refractivity contribution in [1.82, 2.24) is 4.90 Å². The van der Waals surface area contributed by atoms with Crippen LogP contribution in [0.1, 0.15) is 30.4 Å². The lowest BCUT2D eigenvalue weighted by molar-refractivity contribution is 0.127. The molecule has 1 aliphatic heterocycles. The highest BCUT2D eigenvalue weighted by Gasteiger charge is 2.14. The summed E-state index contributed by atoms with van der Waals surface area (Å²) in [5, 5.41) is 4.35. The minimum Gasteiger partial charge on any atom is -0.486 e. The molecule has 0 N–H and O–H groups in total. The molecule has 1 aliphatic rings. The lowest BCUT2D eigenvalue weighted by Crippen LogP contribution is -2.37. The van der Waals surface area contributed by atoms with E-state index in [1.807, 2.05) is 42.5 Å². The Morgan fingerprint density at radius 2 is 1.51 bits per heavy atom. The fraction of sp³-hybridized carbons (Fsp3) is 0.310. The summed E-state index contributed by atoms with van der Waals surface area (Å²) in [6, 6.07) is 26.4. The monoisotopic (exact) mass is 488 g/mol. The zero-order chi connectivity index (χ0) is 24.3. The summed E-state index contributed by atoms with van der Waals surface area (Å²) < 4.78 is 11.2. The van der Waals surface area contributed by atoms with Gasteiger partial charge in [-0.3, -0.25) is 0 Å². The number of benzene rings is 3. The number of hydrogen-bond donors (Lipinski definition) is 0. The van der Waals surface area contributed by atoms with E-state index in [9.17, 15) is 0 Å². The van der Waals surface area contributed by atoms with Gasteiger partial charge in [0.25, 0.3) is 0 Å². The number of rotatable bonds is 10. The van der Waals surface area contributed by atoms with Crippen molar-refractivity contribution in [2.75, 3.05) is 33.4 Å². The maximum Gasteiger partial charge on any atom is 0.142 e. The molecule has 182 valence electrons.